The van der Waals surface area contributed by atoms with Gasteiger partial charge in [0.15, 0.2) is 0 Å². The molecule has 164 valence electrons. The Hall–Kier alpha value is -1.68. The number of halogens is 1. The van der Waals surface area contributed by atoms with Crippen molar-refractivity contribution >= 4 is 16.5 Å². The summed E-state index contributed by atoms with van der Waals surface area (Å²) in [6.45, 7) is 10.4. The molecule has 29 heavy (non-hydrogen) atoms. The lowest BCUT2D eigenvalue weighted by atomic mass is 9.96. The van der Waals surface area contributed by atoms with E-state index in [1.54, 1.807) is 12.1 Å². The summed E-state index contributed by atoms with van der Waals surface area (Å²) in [5, 5.41) is 0. The summed E-state index contributed by atoms with van der Waals surface area (Å²) in [5.41, 5.74) is 7.13. The van der Waals surface area contributed by atoms with E-state index >= 15 is 0 Å². The number of hydrogen-bond donors (Lipinski definition) is 1. The Morgan fingerprint density at radius 3 is 2.21 bits per heavy atom. The smallest absolute Gasteiger partial charge is 0.123 e. The van der Waals surface area contributed by atoms with Crippen molar-refractivity contribution in [1.82, 2.24) is 0 Å². The zero-order chi connectivity index (χ0) is 22.1. The monoisotopic (exact) mass is 421 g/mol. The van der Waals surface area contributed by atoms with Gasteiger partial charge in [-0.2, -0.15) is 0 Å². The third-order valence-electron chi connectivity index (χ3n) is 4.24. The van der Waals surface area contributed by atoms with Crippen LogP contribution in [0, 0.1) is 11.7 Å². The lowest BCUT2D eigenvalue weighted by Crippen LogP contribution is -2.09. The Kier molecular flexibility index (Phi) is 16.2. The SMILES string of the molecule is CC.CCC.CCCCC1CCc2cc(F)ccc2S(=O)C1.Nc1ccccc1. The Morgan fingerprint density at radius 2 is 1.69 bits per heavy atom. The van der Waals surface area contributed by atoms with Gasteiger partial charge in [-0.25, -0.2) is 4.39 Å². The second-order valence-corrected chi connectivity index (χ2v) is 8.39. The van der Waals surface area contributed by atoms with E-state index in [9.17, 15) is 8.60 Å². The molecule has 2 unspecified atom stereocenters. The number of hydrogen-bond acceptors (Lipinski definition) is 2. The van der Waals surface area contributed by atoms with Gasteiger partial charge in [0.05, 0.1) is 10.8 Å². The van der Waals surface area contributed by atoms with Crippen molar-refractivity contribution in [3.63, 3.8) is 0 Å². The van der Waals surface area contributed by atoms with Crippen molar-refractivity contribution in [2.24, 2.45) is 5.92 Å². The molecule has 0 saturated heterocycles. The van der Waals surface area contributed by atoms with Gasteiger partial charge in [0.1, 0.15) is 5.82 Å². The van der Waals surface area contributed by atoms with Gasteiger partial charge < -0.3 is 5.73 Å². The first kappa shape index (κ1) is 27.3. The fourth-order valence-electron chi connectivity index (χ4n) is 2.89. The highest BCUT2D eigenvalue weighted by Crippen LogP contribution is 2.27. The topological polar surface area (TPSA) is 43.1 Å². The van der Waals surface area contributed by atoms with Gasteiger partial charge in [-0.3, -0.25) is 4.21 Å². The fourth-order valence-corrected chi connectivity index (χ4v) is 4.50. The summed E-state index contributed by atoms with van der Waals surface area (Å²) < 4.78 is 25.3. The van der Waals surface area contributed by atoms with Crippen molar-refractivity contribution in [3.8, 4) is 0 Å². The van der Waals surface area contributed by atoms with Gasteiger partial charge in [-0.15, -0.1) is 0 Å². The maximum Gasteiger partial charge on any atom is 0.123 e. The number of nitrogens with two attached hydrogens (primary N) is 1. The average Bonchev–Trinajstić information content (AvgIpc) is 2.88. The highest BCUT2D eigenvalue weighted by atomic mass is 32.2. The van der Waals surface area contributed by atoms with E-state index in [2.05, 4.69) is 20.8 Å². The van der Waals surface area contributed by atoms with Gasteiger partial charge >= 0.3 is 0 Å². The van der Waals surface area contributed by atoms with Crippen molar-refractivity contribution in [1.29, 1.82) is 0 Å². The van der Waals surface area contributed by atoms with Crippen LogP contribution in [0.1, 0.15) is 72.3 Å². The number of fused-ring (bicyclic) bond motifs is 1. The minimum Gasteiger partial charge on any atom is -0.399 e. The van der Waals surface area contributed by atoms with Crippen LogP contribution in [0.2, 0.25) is 0 Å². The number of rotatable bonds is 3. The maximum atomic E-state index is 13.2. The van der Waals surface area contributed by atoms with Crippen LogP contribution in [0.3, 0.4) is 0 Å². The van der Waals surface area contributed by atoms with Gasteiger partial charge in [-0.05, 0) is 61.1 Å². The summed E-state index contributed by atoms with van der Waals surface area (Å²) in [7, 11) is -0.941. The molecule has 3 rings (SSSR count). The lowest BCUT2D eigenvalue weighted by Gasteiger charge is -2.11. The number of unbranched alkanes of at least 4 members (excludes halogenated alkanes) is 1. The van der Waals surface area contributed by atoms with Crippen LogP contribution >= 0.6 is 0 Å². The first-order valence-electron chi connectivity index (χ1n) is 11.0. The summed E-state index contributed by atoms with van der Waals surface area (Å²) >= 11 is 0. The highest BCUT2D eigenvalue weighted by molar-refractivity contribution is 7.85. The van der Waals surface area contributed by atoms with Crippen LogP contribution in [0.25, 0.3) is 0 Å². The summed E-state index contributed by atoms with van der Waals surface area (Å²) in [4.78, 5) is 0.852. The van der Waals surface area contributed by atoms with Crippen LogP contribution in [-0.2, 0) is 17.2 Å². The quantitative estimate of drug-likeness (QED) is 0.525. The van der Waals surface area contributed by atoms with Crippen LogP contribution in [0.5, 0.6) is 0 Å². The standard InChI is InChI=1S/C14H19FOS.C6H7N.C3H8.C2H6/c1-2-3-4-11-5-6-12-9-13(15)7-8-14(12)17(16)10-11;7-6-4-2-1-3-5-6;1-3-2;1-2/h7-9,11H,2-6,10H2,1H3;1-5H,7H2;3H2,1-2H3;1-2H3. The molecule has 1 aliphatic rings. The molecule has 2 N–H and O–H groups in total. The van der Waals surface area contributed by atoms with E-state index in [4.69, 9.17) is 5.73 Å². The van der Waals surface area contributed by atoms with E-state index in [0.29, 0.717) is 5.92 Å². The molecule has 4 heteroatoms. The predicted molar refractivity (Wildman–Crippen MR) is 127 cm³/mol. The molecule has 0 aromatic heterocycles. The Balaban J connectivity index is 0.000000541. The number of nitrogen functional groups attached to an aromatic ring is 1. The molecule has 0 spiro atoms. The number of para-hydroxylation sites is 1. The summed E-state index contributed by atoms with van der Waals surface area (Å²) in [5.74, 6) is 1.07. The minimum atomic E-state index is -0.941. The Bertz CT molecular complexity index is 676. The number of anilines is 1. The molecule has 0 bridgehead atoms. The van der Waals surface area contributed by atoms with E-state index in [1.165, 1.54) is 25.3 Å². The minimum absolute atomic E-state index is 0.215. The van der Waals surface area contributed by atoms with Crippen LogP contribution in [-0.4, -0.2) is 9.96 Å². The Morgan fingerprint density at radius 1 is 1.07 bits per heavy atom. The van der Waals surface area contributed by atoms with E-state index in [1.807, 2.05) is 44.2 Å². The third kappa shape index (κ3) is 11.8. The fraction of sp³-hybridized carbons (Fsp3) is 0.520. The van der Waals surface area contributed by atoms with Crippen molar-refractivity contribution < 1.29 is 8.60 Å². The number of aryl methyl sites for hydroxylation is 1. The lowest BCUT2D eigenvalue weighted by molar-refractivity contribution is 0.478. The second-order valence-electron chi connectivity index (χ2n) is 6.93. The first-order valence-corrected chi connectivity index (χ1v) is 12.3. The molecule has 0 saturated carbocycles. The van der Waals surface area contributed by atoms with E-state index in [0.717, 1.165) is 41.2 Å². The van der Waals surface area contributed by atoms with Gasteiger partial charge in [0.2, 0.25) is 0 Å². The van der Waals surface area contributed by atoms with Crippen LogP contribution in [0.4, 0.5) is 10.1 Å². The van der Waals surface area contributed by atoms with Crippen LogP contribution < -0.4 is 5.73 Å². The molecule has 1 heterocycles. The molecule has 1 aliphatic heterocycles. The highest BCUT2D eigenvalue weighted by Gasteiger charge is 2.21. The van der Waals surface area contributed by atoms with Crippen LogP contribution in [0.15, 0.2) is 53.4 Å². The van der Waals surface area contributed by atoms with Crippen molar-refractivity contribution in [3.05, 3.63) is 59.9 Å². The Labute approximate surface area is 180 Å². The summed E-state index contributed by atoms with van der Waals surface area (Å²) in [6.07, 6.45) is 6.70. The average molecular weight is 422 g/mol. The molecule has 0 aliphatic carbocycles. The van der Waals surface area contributed by atoms with Crippen molar-refractivity contribution in [2.75, 3.05) is 11.5 Å². The van der Waals surface area contributed by atoms with Gasteiger partial charge in [0, 0.05) is 16.3 Å². The first-order chi connectivity index (χ1) is 14.0. The zero-order valence-corrected chi connectivity index (χ0v) is 19.7. The van der Waals surface area contributed by atoms with Gasteiger partial charge in [0.25, 0.3) is 0 Å². The largest absolute Gasteiger partial charge is 0.399 e. The predicted octanol–water partition coefficient (Wildman–Crippen LogP) is 7.40. The zero-order valence-electron chi connectivity index (χ0n) is 18.9. The van der Waals surface area contributed by atoms with Crippen molar-refractivity contribution in [2.45, 2.75) is 78.0 Å². The van der Waals surface area contributed by atoms with E-state index < -0.39 is 10.8 Å². The van der Waals surface area contributed by atoms with E-state index in [-0.39, 0.29) is 5.82 Å². The molecule has 2 nitrogen and oxygen atoms in total. The normalized spacial score (nSPS) is 17.0. The molecule has 2 atom stereocenters. The molecule has 2 aromatic rings. The van der Waals surface area contributed by atoms with Gasteiger partial charge in [-0.1, -0.05) is 72.1 Å². The molecule has 0 radical (unpaired) electrons. The number of benzene rings is 2. The summed E-state index contributed by atoms with van der Waals surface area (Å²) in [6, 6.07) is 14.2. The molecular formula is C25H40FNOS. The molecular weight excluding hydrogens is 381 g/mol. The molecule has 0 fully saturated rings. The molecule has 2 aromatic carbocycles. The second kappa shape index (κ2) is 17.2. The third-order valence-corrected chi connectivity index (χ3v) is 5.91. The molecule has 0 amide bonds. The maximum absolute atomic E-state index is 13.2.